The zero-order valence-corrected chi connectivity index (χ0v) is 49.2. The number of hydrogen-bond acceptors (Lipinski definition) is 2. The van der Waals surface area contributed by atoms with Crippen molar-refractivity contribution in [2.45, 2.75) is 71.6 Å². The molecule has 0 unspecified atom stereocenters. The molecule has 15 rings (SSSR count). The number of fused-ring (bicyclic) bond motifs is 11. The van der Waals surface area contributed by atoms with Crippen molar-refractivity contribution in [3.8, 4) is 44.5 Å². The lowest BCUT2D eigenvalue weighted by Gasteiger charge is -2.30. The topological polar surface area (TPSA) is 10.9 Å². The van der Waals surface area contributed by atoms with Crippen molar-refractivity contribution in [3.63, 3.8) is 0 Å². The summed E-state index contributed by atoms with van der Waals surface area (Å²) in [4.78, 5) is 4.92. The minimum atomic E-state index is -0.331. The normalized spacial score (nSPS) is 13.1. The van der Waals surface area contributed by atoms with Gasteiger partial charge in [0.2, 0.25) is 0 Å². The Morgan fingerprint density at radius 1 is 0.310 bits per heavy atom. The molecule has 2 heterocycles. The molecule has 2 aromatic heterocycles. The smallest absolute Gasteiger partial charge is 0.0620 e. The van der Waals surface area contributed by atoms with Crippen LogP contribution in [-0.2, 0) is 16.2 Å². The molecule has 0 aliphatic heterocycles. The molecule has 0 bridgehead atoms. The first kappa shape index (κ1) is 51.2. The Kier molecular flexibility index (Phi) is 11.7. The van der Waals surface area contributed by atoms with Crippen LogP contribution >= 0.6 is 0 Å². The molecule has 0 spiro atoms. The average molecular weight is 1080 g/mol. The summed E-state index contributed by atoms with van der Waals surface area (Å²) in [5.41, 5.74) is 25.2. The van der Waals surface area contributed by atoms with Crippen molar-refractivity contribution in [2.75, 3.05) is 9.80 Å². The number of benzene rings is 12. The first-order chi connectivity index (χ1) is 40.7. The van der Waals surface area contributed by atoms with Gasteiger partial charge in [0, 0.05) is 61.1 Å². The van der Waals surface area contributed by atoms with E-state index in [2.05, 4.69) is 330 Å². The summed E-state index contributed by atoms with van der Waals surface area (Å²) in [5.74, 6) is 0. The van der Waals surface area contributed by atoms with Gasteiger partial charge >= 0.3 is 0 Å². The number of aromatic nitrogens is 1. The van der Waals surface area contributed by atoms with Gasteiger partial charge in [0.25, 0.3) is 0 Å². The zero-order valence-electron chi connectivity index (χ0n) is 49.2. The van der Waals surface area contributed by atoms with E-state index in [1.54, 1.807) is 0 Å². The third kappa shape index (κ3) is 8.39. The lowest BCUT2D eigenvalue weighted by molar-refractivity contribution is 0.590. The van der Waals surface area contributed by atoms with Gasteiger partial charge in [0.05, 0.1) is 16.6 Å². The standard InChI is InChI=1S/C81H67N3/c1-79(2,3)59-30-20-34-63(47-59)82(61-32-18-28-55(42-61)52-22-12-9-13-23-52)65-37-40-67-69-39-36-57-44-71-73-46-58(54-26-16-11-17-27-54)45-72-68-41-38-66(50-75(68)84(78(72)73)76(71)51-70(57)77(69)81(7,8)74(67)49-65)83(64-35-21-31-60(48-64)80(4,5)6)62-33-19-29-56(43-62)53-24-14-10-15-25-53/h9-51H,1-8H3. The molecule has 1 aliphatic rings. The van der Waals surface area contributed by atoms with Crippen LogP contribution in [0.1, 0.15) is 77.6 Å². The molecule has 0 saturated heterocycles. The zero-order chi connectivity index (χ0) is 57.2. The van der Waals surface area contributed by atoms with Crippen LogP contribution in [0.4, 0.5) is 34.1 Å². The Morgan fingerprint density at radius 3 is 1.30 bits per heavy atom. The van der Waals surface area contributed by atoms with E-state index in [0.29, 0.717) is 0 Å². The van der Waals surface area contributed by atoms with Crippen molar-refractivity contribution >= 4 is 83.0 Å². The van der Waals surface area contributed by atoms with Crippen LogP contribution in [0.3, 0.4) is 0 Å². The van der Waals surface area contributed by atoms with Gasteiger partial charge in [-0.05, 0) is 185 Å². The van der Waals surface area contributed by atoms with E-state index < -0.39 is 0 Å². The number of hydrogen-bond donors (Lipinski definition) is 0. The first-order valence-electron chi connectivity index (χ1n) is 29.7. The molecule has 0 N–H and O–H groups in total. The predicted molar refractivity (Wildman–Crippen MR) is 359 cm³/mol. The molecule has 3 nitrogen and oxygen atoms in total. The maximum atomic E-state index is 2.59. The van der Waals surface area contributed by atoms with E-state index >= 15 is 0 Å². The van der Waals surface area contributed by atoms with Crippen molar-refractivity contribution in [2.24, 2.45) is 0 Å². The molecule has 0 amide bonds. The average Bonchev–Trinajstić information content (AvgIpc) is 1.63. The Balaban J connectivity index is 0.936. The van der Waals surface area contributed by atoms with Gasteiger partial charge in [-0.15, -0.1) is 0 Å². The van der Waals surface area contributed by atoms with Gasteiger partial charge in [0.15, 0.2) is 0 Å². The number of nitrogens with zero attached hydrogens (tertiary/aromatic N) is 3. The van der Waals surface area contributed by atoms with Crippen LogP contribution in [0.2, 0.25) is 0 Å². The second-order valence-corrected chi connectivity index (χ2v) is 25.9. The minimum Gasteiger partial charge on any atom is -0.310 e. The van der Waals surface area contributed by atoms with E-state index in [1.807, 2.05) is 0 Å². The molecule has 0 atom stereocenters. The molecule has 0 fully saturated rings. The molecular formula is C81H67N3. The molecule has 0 saturated carbocycles. The van der Waals surface area contributed by atoms with Crippen LogP contribution in [0.15, 0.2) is 261 Å². The summed E-state index contributed by atoms with van der Waals surface area (Å²) in [6.45, 7) is 18.7. The first-order valence-corrected chi connectivity index (χ1v) is 29.7. The molecule has 14 aromatic rings. The molecule has 0 radical (unpaired) electrons. The summed E-state index contributed by atoms with van der Waals surface area (Å²) < 4.78 is 2.59. The van der Waals surface area contributed by atoms with Crippen LogP contribution in [0, 0.1) is 0 Å². The van der Waals surface area contributed by atoms with E-state index in [1.165, 1.54) is 116 Å². The molecule has 406 valence electrons. The van der Waals surface area contributed by atoms with Crippen molar-refractivity contribution < 1.29 is 0 Å². The second kappa shape index (κ2) is 19.2. The maximum absolute atomic E-state index is 2.59. The fraction of sp³-hybridized carbons (Fsp3) is 0.136. The maximum Gasteiger partial charge on any atom is 0.0620 e. The van der Waals surface area contributed by atoms with Crippen LogP contribution in [0.25, 0.3) is 93.4 Å². The van der Waals surface area contributed by atoms with Gasteiger partial charge in [-0.3, -0.25) is 0 Å². The predicted octanol–water partition coefficient (Wildman–Crippen LogP) is 22.8. The molecular weight excluding hydrogens is 1010 g/mol. The largest absolute Gasteiger partial charge is 0.310 e. The van der Waals surface area contributed by atoms with Crippen LogP contribution in [-0.4, -0.2) is 4.40 Å². The molecule has 3 heteroatoms. The van der Waals surface area contributed by atoms with Crippen molar-refractivity contribution in [1.82, 2.24) is 4.40 Å². The third-order valence-electron chi connectivity index (χ3n) is 18.1. The lowest BCUT2D eigenvalue weighted by atomic mass is 9.80. The highest BCUT2D eigenvalue weighted by Gasteiger charge is 2.38. The Morgan fingerprint density at radius 2 is 0.750 bits per heavy atom. The van der Waals surface area contributed by atoms with Crippen LogP contribution in [0.5, 0.6) is 0 Å². The van der Waals surface area contributed by atoms with E-state index in [4.69, 9.17) is 0 Å². The summed E-state index contributed by atoms with van der Waals surface area (Å²) in [6.07, 6.45) is 0. The van der Waals surface area contributed by atoms with Gasteiger partial charge in [-0.2, -0.15) is 0 Å². The molecule has 12 aromatic carbocycles. The monoisotopic (exact) mass is 1080 g/mol. The van der Waals surface area contributed by atoms with Crippen molar-refractivity contribution in [1.29, 1.82) is 0 Å². The highest BCUT2D eigenvalue weighted by molar-refractivity contribution is 6.26. The Hall–Kier alpha value is -9.70. The minimum absolute atomic E-state index is 0.0166. The van der Waals surface area contributed by atoms with Gasteiger partial charge in [-0.25, -0.2) is 0 Å². The molecule has 1 aliphatic carbocycles. The Labute approximate surface area is 493 Å². The fourth-order valence-electron chi connectivity index (χ4n) is 13.8. The van der Waals surface area contributed by atoms with Gasteiger partial charge < -0.3 is 14.2 Å². The van der Waals surface area contributed by atoms with E-state index in [9.17, 15) is 0 Å². The van der Waals surface area contributed by atoms with E-state index in [0.717, 1.165) is 34.1 Å². The van der Waals surface area contributed by atoms with Crippen molar-refractivity contribution in [3.05, 3.63) is 283 Å². The van der Waals surface area contributed by atoms with Gasteiger partial charge in [0.1, 0.15) is 0 Å². The SMILES string of the molecule is CC(C)(C)c1cccc(N(c2cccc(-c3ccccc3)c2)c2ccc3c(c2)C(C)(C)c2c-3ccc3cc4c5cc(-c6ccccc6)cc6c7ccc(N(c8cccc(-c9ccccc9)c8)c8cccc(C(C)(C)C)c8)cc7n(c4cc23)c65)c1. The fourth-order valence-corrected chi connectivity index (χ4v) is 13.8. The number of anilines is 6. The van der Waals surface area contributed by atoms with Crippen LogP contribution < -0.4 is 9.80 Å². The highest BCUT2D eigenvalue weighted by Crippen LogP contribution is 2.55. The van der Waals surface area contributed by atoms with E-state index in [-0.39, 0.29) is 16.2 Å². The summed E-state index contributed by atoms with van der Waals surface area (Å²) >= 11 is 0. The quantitative estimate of drug-likeness (QED) is 0.143. The molecule has 84 heavy (non-hydrogen) atoms. The summed E-state index contributed by atoms with van der Waals surface area (Å²) in [5, 5.41) is 7.58. The lowest BCUT2D eigenvalue weighted by Crippen LogP contribution is -2.17. The Bertz CT molecular complexity index is 4880. The number of rotatable bonds is 9. The van der Waals surface area contributed by atoms with Gasteiger partial charge in [-0.1, -0.05) is 219 Å². The second-order valence-electron chi connectivity index (χ2n) is 25.9. The summed E-state index contributed by atoms with van der Waals surface area (Å²) in [6, 6.07) is 97.8. The highest BCUT2D eigenvalue weighted by atomic mass is 15.1. The third-order valence-corrected chi connectivity index (χ3v) is 18.1. The summed E-state index contributed by atoms with van der Waals surface area (Å²) in [7, 11) is 0.